The number of benzene rings is 2. The van der Waals surface area contributed by atoms with E-state index in [2.05, 4.69) is 0 Å². The third kappa shape index (κ3) is 3.91. The number of nitrogens with zero attached hydrogens (tertiary/aromatic N) is 2. The van der Waals surface area contributed by atoms with Crippen molar-refractivity contribution in [3.8, 4) is 5.75 Å². The van der Waals surface area contributed by atoms with Crippen molar-refractivity contribution in [1.82, 2.24) is 4.57 Å². The topological polar surface area (TPSA) is 98.8 Å². The first-order valence-electron chi connectivity index (χ1n) is 9.20. The number of aryl methyl sites for hydroxylation is 1. The number of sulfonamides is 1. The van der Waals surface area contributed by atoms with Gasteiger partial charge in [0.25, 0.3) is 10.0 Å². The van der Waals surface area contributed by atoms with Gasteiger partial charge in [-0.25, -0.2) is 17.5 Å². The van der Waals surface area contributed by atoms with Crippen molar-refractivity contribution in [3.63, 3.8) is 0 Å². The number of hydrogen-bond donors (Lipinski definition) is 0. The van der Waals surface area contributed by atoms with Crippen LogP contribution in [0.15, 0.2) is 56.6 Å². The summed E-state index contributed by atoms with van der Waals surface area (Å²) >= 11 is 0. The van der Waals surface area contributed by atoms with E-state index in [1.54, 1.807) is 19.1 Å². The molecule has 3 rings (SSSR count). The van der Waals surface area contributed by atoms with Gasteiger partial charge in [0.15, 0.2) is 5.58 Å². The van der Waals surface area contributed by atoms with Gasteiger partial charge >= 0.3 is 5.76 Å². The van der Waals surface area contributed by atoms with Gasteiger partial charge in [0, 0.05) is 19.5 Å². The Morgan fingerprint density at radius 3 is 2.45 bits per heavy atom. The second kappa shape index (κ2) is 8.12. The molecule has 0 saturated carbocycles. The average Bonchev–Trinajstić information content (AvgIpc) is 2.97. The van der Waals surface area contributed by atoms with E-state index in [4.69, 9.17) is 9.15 Å². The molecule has 0 bridgehead atoms. The van der Waals surface area contributed by atoms with E-state index < -0.39 is 21.7 Å². The van der Waals surface area contributed by atoms with Gasteiger partial charge in [0.1, 0.15) is 5.75 Å². The lowest BCUT2D eigenvalue weighted by Gasteiger charge is -2.23. The molecule has 0 aliphatic carbocycles. The molecule has 0 aliphatic rings. The number of rotatable bonds is 7. The fourth-order valence-corrected chi connectivity index (χ4v) is 4.42. The Bertz CT molecular complexity index is 1190. The third-order valence-electron chi connectivity index (χ3n) is 4.37. The summed E-state index contributed by atoms with van der Waals surface area (Å²) in [6.07, 6.45) is 0.559. The average molecular weight is 418 g/mol. The Balaban J connectivity index is 2.10. The molecule has 2 aromatic carbocycles. The minimum atomic E-state index is -4.22. The van der Waals surface area contributed by atoms with Crippen molar-refractivity contribution in [3.05, 3.63) is 53.0 Å². The zero-order valence-electron chi connectivity index (χ0n) is 16.4. The molecule has 0 saturated heterocycles. The van der Waals surface area contributed by atoms with Gasteiger partial charge in [-0.1, -0.05) is 6.92 Å². The molecular weight excluding hydrogens is 396 g/mol. The Labute approximate surface area is 168 Å². The summed E-state index contributed by atoms with van der Waals surface area (Å²) in [6.45, 7) is 4.11. The van der Waals surface area contributed by atoms with Crippen LogP contribution >= 0.6 is 0 Å². The zero-order valence-corrected chi connectivity index (χ0v) is 17.2. The number of hydrogen-bond acceptors (Lipinski definition) is 6. The van der Waals surface area contributed by atoms with Crippen molar-refractivity contribution in [1.29, 1.82) is 0 Å². The Morgan fingerprint density at radius 1 is 1.14 bits per heavy atom. The molecule has 9 heteroatoms. The second-order valence-electron chi connectivity index (χ2n) is 6.40. The molecule has 0 unspecified atom stereocenters. The van der Waals surface area contributed by atoms with Crippen molar-refractivity contribution < 1.29 is 22.4 Å². The van der Waals surface area contributed by atoms with E-state index in [0.29, 0.717) is 24.3 Å². The lowest BCUT2D eigenvalue weighted by Crippen LogP contribution is -2.36. The molecule has 0 atom stereocenters. The quantitative estimate of drug-likeness (QED) is 0.585. The number of aromatic nitrogens is 1. The summed E-state index contributed by atoms with van der Waals surface area (Å²) in [5.41, 5.74) is 0.802. The zero-order chi connectivity index (χ0) is 21.2. The Hall–Kier alpha value is -3.07. The number of oxazole rings is 1. The maximum atomic E-state index is 13.3. The van der Waals surface area contributed by atoms with E-state index >= 15 is 0 Å². The van der Waals surface area contributed by atoms with Gasteiger partial charge < -0.3 is 9.15 Å². The minimum Gasteiger partial charge on any atom is -0.494 e. The summed E-state index contributed by atoms with van der Waals surface area (Å²) in [7, 11) is -2.70. The molecule has 1 amide bonds. The van der Waals surface area contributed by atoms with Crippen LogP contribution in [0.2, 0.25) is 0 Å². The van der Waals surface area contributed by atoms with Crippen LogP contribution in [0.25, 0.3) is 11.1 Å². The lowest BCUT2D eigenvalue weighted by atomic mass is 10.2. The smallest absolute Gasteiger partial charge is 0.419 e. The van der Waals surface area contributed by atoms with Crippen LogP contribution < -0.4 is 14.8 Å². The second-order valence-corrected chi connectivity index (χ2v) is 8.18. The first kappa shape index (κ1) is 20.7. The Kier molecular flexibility index (Phi) is 5.78. The molecule has 1 aromatic heterocycles. The van der Waals surface area contributed by atoms with Gasteiger partial charge in [-0.2, -0.15) is 0 Å². The molecule has 0 spiro atoms. The fourth-order valence-electron chi connectivity index (χ4n) is 2.96. The molecule has 154 valence electrons. The van der Waals surface area contributed by atoms with Gasteiger partial charge in [-0.3, -0.25) is 9.36 Å². The highest BCUT2D eigenvalue weighted by Gasteiger charge is 2.31. The molecule has 0 aliphatic heterocycles. The molecule has 0 N–H and O–H groups in total. The molecular formula is C20H22N2O6S. The maximum Gasteiger partial charge on any atom is 0.419 e. The number of amides is 1. The third-order valence-corrected chi connectivity index (χ3v) is 6.12. The van der Waals surface area contributed by atoms with Crippen LogP contribution in [-0.2, 0) is 21.9 Å². The van der Waals surface area contributed by atoms with Crippen LogP contribution in [0.3, 0.4) is 0 Å². The standard InChI is InChI=1S/C20H22N2O6S/c1-4-6-19(23)22(14-7-9-15(10-8-14)27-5-2)29(25,26)16-11-12-17-18(13-16)28-20(24)21(17)3/h7-13H,4-6H2,1-3H3. The van der Waals surface area contributed by atoms with E-state index in [-0.39, 0.29) is 22.6 Å². The lowest BCUT2D eigenvalue weighted by molar-refractivity contribution is -0.117. The van der Waals surface area contributed by atoms with Crippen molar-refractivity contribution in [2.75, 3.05) is 10.9 Å². The summed E-state index contributed by atoms with van der Waals surface area (Å²) in [5, 5.41) is 0. The van der Waals surface area contributed by atoms with E-state index in [1.165, 1.54) is 41.9 Å². The predicted octanol–water partition coefficient (Wildman–Crippen LogP) is 3.05. The number of fused-ring (bicyclic) bond motifs is 1. The van der Waals surface area contributed by atoms with Crippen LogP contribution in [-0.4, -0.2) is 25.5 Å². The first-order valence-corrected chi connectivity index (χ1v) is 10.6. The Morgan fingerprint density at radius 2 is 1.83 bits per heavy atom. The van der Waals surface area contributed by atoms with Crippen LogP contribution in [0, 0.1) is 0 Å². The first-order chi connectivity index (χ1) is 13.8. The highest BCUT2D eigenvalue weighted by atomic mass is 32.2. The molecule has 3 aromatic rings. The summed E-state index contributed by atoms with van der Waals surface area (Å²) in [5.74, 6) is -0.574. The van der Waals surface area contributed by atoms with E-state index in [9.17, 15) is 18.0 Å². The van der Waals surface area contributed by atoms with E-state index in [1.807, 2.05) is 6.92 Å². The van der Waals surface area contributed by atoms with Crippen LogP contribution in [0.4, 0.5) is 5.69 Å². The maximum absolute atomic E-state index is 13.3. The number of anilines is 1. The monoisotopic (exact) mass is 418 g/mol. The summed E-state index contributed by atoms with van der Waals surface area (Å²) in [6, 6.07) is 10.4. The van der Waals surface area contributed by atoms with E-state index in [0.717, 1.165) is 4.31 Å². The highest BCUT2D eigenvalue weighted by Crippen LogP contribution is 2.28. The van der Waals surface area contributed by atoms with Crippen molar-refractivity contribution in [2.24, 2.45) is 7.05 Å². The predicted molar refractivity (Wildman–Crippen MR) is 109 cm³/mol. The molecule has 29 heavy (non-hydrogen) atoms. The van der Waals surface area contributed by atoms with Gasteiger partial charge in [-0.15, -0.1) is 0 Å². The van der Waals surface area contributed by atoms with Crippen LogP contribution in [0.5, 0.6) is 5.75 Å². The molecule has 1 heterocycles. The van der Waals surface area contributed by atoms with Gasteiger partial charge in [0.2, 0.25) is 5.91 Å². The largest absolute Gasteiger partial charge is 0.494 e. The van der Waals surface area contributed by atoms with Gasteiger partial charge in [0.05, 0.1) is 22.7 Å². The fraction of sp³-hybridized carbons (Fsp3) is 0.300. The van der Waals surface area contributed by atoms with Crippen molar-refractivity contribution in [2.45, 2.75) is 31.6 Å². The van der Waals surface area contributed by atoms with Crippen LogP contribution in [0.1, 0.15) is 26.7 Å². The SMILES string of the molecule is CCCC(=O)N(c1ccc(OCC)cc1)S(=O)(=O)c1ccc2c(c1)oc(=O)n2C. The number of carbonyl (C=O) groups is 1. The number of ether oxygens (including phenoxy) is 1. The minimum absolute atomic E-state index is 0.0646. The summed E-state index contributed by atoms with van der Waals surface area (Å²) in [4.78, 5) is 24.3. The molecule has 8 nitrogen and oxygen atoms in total. The van der Waals surface area contributed by atoms with Gasteiger partial charge in [-0.05, 0) is 49.7 Å². The highest BCUT2D eigenvalue weighted by molar-refractivity contribution is 7.93. The normalized spacial score (nSPS) is 11.6. The molecule has 0 fully saturated rings. The van der Waals surface area contributed by atoms with Crippen molar-refractivity contribution >= 4 is 32.7 Å². The summed E-state index contributed by atoms with van der Waals surface area (Å²) < 4.78 is 39.2. The number of carbonyl (C=O) groups excluding carboxylic acids is 1. The molecule has 0 radical (unpaired) electrons.